The second kappa shape index (κ2) is 4.38. The van der Waals surface area contributed by atoms with Crippen LogP contribution in [-0.4, -0.2) is 5.60 Å². The van der Waals surface area contributed by atoms with Crippen molar-refractivity contribution in [3.05, 3.63) is 39.2 Å². The largest absolute Gasteiger partial charge is 0.487 e. The van der Waals surface area contributed by atoms with Gasteiger partial charge in [0.1, 0.15) is 11.4 Å². The van der Waals surface area contributed by atoms with E-state index in [1.165, 1.54) is 12.8 Å². The highest BCUT2D eigenvalue weighted by molar-refractivity contribution is 6.30. The van der Waals surface area contributed by atoms with Gasteiger partial charge in [0.05, 0.1) is 6.04 Å². The maximum atomic E-state index is 8.73. The lowest BCUT2D eigenvalue weighted by molar-refractivity contribution is 0.0427. The standard InChI is InChI=1S/C13H14ClN3O/c14-9-3-4-12-10(7-9)11(16-17-15)8-13(18-12)5-1-2-6-13/h3-4,7,11H,1-2,5-6,8H2/t11-/m1/s1. The molecule has 0 bridgehead atoms. The average molecular weight is 264 g/mol. The van der Waals surface area contributed by atoms with Gasteiger partial charge < -0.3 is 4.74 Å². The Bertz CT molecular complexity index is 519. The lowest BCUT2D eigenvalue weighted by Crippen LogP contribution is -2.37. The van der Waals surface area contributed by atoms with Gasteiger partial charge >= 0.3 is 0 Å². The lowest BCUT2D eigenvalue weighted by Gasteiger charge is -2.38. The van der Waals surface area contributed by atoms with Gasteiger partial charge in [-0.05, 0) is 55.8 Å². The van der Waals surface area contributed by atoms with E-state index in [1.54, 1.807) is 0 Å². The van der Waals surface area contributed by atoms with Gasteiger partial charge in [-0.25, -0.2) is 0 Å². The van der Waals surface area contributed by atoms with Crippen LogP contribution in [0.3, 0.4) is 0 Å². The third kappa shape index (κ3) is 1.92. The van der Waals surface area contributed by atoms with Crippen LogP contribution in [0.25, 0.3) is 10.4 Å². The normalized spacial score (nSPS) is 24.2. The smallest absolute Gasteiger partial charge is 0.123 e. The first kappa shape index (κ1) is 11.7. The predicted octanol–water partition coefficient (Wildman–Crippen LogP) is 4.79. The van der Waals surface area contributed by atoms with Crippen LogP contribution < -0.4 is 4.74 Å². The van der Waals surface area contributed by atoms with E-state index in [2.05, 4.69) is 10.0 Å². The predicted molar refractivity (Wildman–Crippen MR) is 69.8 cm³/mol. The fourth-order valence-corrected chi connectivity index (χ4v) is 3.28. The summed E-state index contributed by atoms with van der Waals surface area (Å²) < 4.78 is 6.17. The molecular weight excluding hydrogens is 250 g/mol. The molecule has 0 radical (unpaired) electrons. The molecule has 18 heavy (non-hydrogen) atoms. The maximum Gasteiger partial charge on any atom is 0.123 e. The van der Waals surface area contributed by atoms with Crippen molar-refractivity contribution in [2.45, 2.75) is 43.7 Å². The highest BCUT2D eigenvalue weighted by Gasteiger charge is 2.42. The van der Waals surface area contributed by atoms with E-state index in [4.69, 9.17) is 21.9 Å². The minimum atomic E-state index is -0.157. The first-order valence-corrected chi connectivity index (χ1v) is 6.63. The average Bonchev–Trinajstić information content (AvgIpc) is 2.79. The molecule has 1 saturated carbocycles. The summed E-state index contributed by atoms with van der Waals surface area (Å²) in [5, 5.41) is 4.58. The molecule has 0 aromatic heterocycles. The molecular formula is C13H14ClN3O. The van der Waals surface area contributed by atoms with E-state index in [1.807, 2.05) is 18.2 Å². The number of nitrogens with zero attached hydrogens (tertiary/aromatic N) is 3. The summed E-state index contributed by atoms with van der Waals surface area (Å²) >= 11 is 6.00. The fraction of sp³-hybridized carbons (Fsp3) is 0.538. The summed E-state index contributed by atoms with van der Waals surface area (Å²) in [6, 6.07) is 5.40. The maximum absolute atomic E-state index is 8.73. The van der Waals surface area contributed by atoms with Crippen LogP contribution in [0.1, 0.15) is 43.7 Å². The molecule has 0 saturated heterocycles. The highest BCUT2D eigenvalue weighted by Crippen LogP contribution is 2.48. The summed E-state index contributed by atoms with van der Waals surface area (Å²) in [4.78, 5) is 2.97. The number of benzene rings is 1. The van der Waals surface area contributed by atoms with Crippen LogP contribution in [0.5, 0.6) is 5.75 Å². The molecule has 2 aliphatic rings. The minimum absolute atomic E-state index is 0.125. The summed E-state index contributed by atoms with van der Waals surface area (Å²) in [5.74, 6) is 0.824. The highest BCUT2D eigenvalue weighted by atomic mass is 35.5. The van der Waals surface area contributed by atoms with Crippen molar-refractivity contribution in [1.82, 2.24) is 0 Å². The molecule has 1 aromatic carbocycles. The number of rotatable bonds is 1. The molecule has 1 aliphatic carbocycles. The molecule has 4 nitrogen and oxygen atoms in total. The van der Waals surface area contributed by atoms with Gasteiger partial charge in [-0.2, -0.15) is 0 Å². The molecule has 0 amide bonds. The van der Waals surface area contributed by atoms with E-state index in [0.717, 1.165) is 30.6 Å². The summed E-state index contributed by atoms with van der Waals surface area (Å²) in [6.07, 6.45) is 5.24. The summed E-state index contributed by atoms with van der Waals surface area (Å²) in [5.41, 5.74) is 9.52. The Hall–Kier alpha value is -1.38. The molecule has 3 rings (SSSR count). The molecule has 1 aliphatic heterocycles. The first-order chi connectivity index (χ1) is 8.72. The summed E-state index contributed by atoms with van der Waals surface area (Å²) in [7, 11) is 0. The van der Waals surface area contributed by atoms with E-state index >= 15 is 0 Å². The molecule has 5 heteroatoms. The zero-order chi connectivity index (χ0) is 12.6. The summed E-state index contributed by atoms with van der Waals surface area (Å²) in [6.45, 7) is 0. The van der Waals surface area contributed by atoms with Crippen molar-refractivity contribution in [2.75, 3.05) is 0 Å². The second-order valence-corrected chi connectivity index (χ2v) is 5.54. The molecule has 0 N–H and O–H groups in total. The number of azide groups is 1. The van der Waals surface area contributed by atoms with E-state index in [9.17, 15) is 0 Å². The Morgan fingerprint density at radius 3 is 2.89 bits per heavy atom. The number of fused-ring (bicyclic) bond motifs is 1. The molecule has 94 valence electrons. The fourth-order valence-electron chi connectivity index (χ4n) is 3.10. The molecule has 1 atom stereocenters. The van der Waals surface area contributed by atoms with Gasteiger partial charge in [-0.15, -0.1) is 0 Å². The third-order valence-corrected chi connectivity index (χ3v) is 4.16. The molecule has 1 fully saturated rings. The number of halogens is 1. The zero-order valence-electron chi connectivity index (χ0n) is 9.97. The number of ether oxygens (including phenoxy) is 1. The quantitative estimate of drug-likeness (QED) is 0.408. The molecule has 0 unspecified atom stereocenters. The van der Waals surface area contributed by atoms with Gasteiger partial charge in [0.2, 0.25) is 0 Å². The van der Waals surface area contributed by atoms with E-state index < -0.39 is 0 Å². The van der Waals surface area contributed by atoms with Crippen LogP contribution in [0, 0.1) is 0 Å². The van der Waals surface area contributed by atoms with Gasteiger partial charge in [-0.1, -0.05) is 16.7 Å². The van der Waals surface area contributed by atoms with Crippen molar-refractivity contribution >= 4 is 11.6 Å². The topological polar surface area (TPSA) is 58.0 Å². The SMILES string of the molecule is [N-]=[N+]=N[C@@H]1CC2(CCCC2)Oc2ccc(Cl)cc21. The van der Waals surface area contributed by atoms with Crippen LogP contribution in [-0.2, 0) is 0 Å². The van der Waals surface area contributed by atoms with Crippen LogP contribution in [0.4, 0.5) is 0 Å². The lowest BCUT2D eigenvalue weighted by atomic mass is 9.86. The van der Waals surface area contributed by atoms with Gasteiger partial charge in [0.15, 0.2) is 0 Å². The first-order valence-electron chi connectivity index (χ1n) is 6.25. The van der Waals surface area contributed by atoms with Crippen LogP contribution in [0.2, 0.25) is 5.02 Å². The van der Waals surface area contributed by atoms with Crippen LogP contribution >= 0.6 is 11.6 Å². The number of hydrogen-bond donors (Lipinski definition) is 0. The molecule has 1 heterocycles. The third-order valence-electron chi connectivity index (χ3n) is 3.93. The number of hydrogen-bond acceptors (Lipinski definition) is 2. The van der Waals surface area contributed by atoms with E-state index in [0.29, 0.717) is 5.02 Å². The minimum Gasteiger partial charge on any atom is -0.487 e. The van der Waals surface area contributed by atoms with Crippen molar-refractivity contribution in [3.63, 3.8) is 0 Å². The zero-order valence-corrected chi connectivity index (χ0v) is 10.7. The Balaban J connectivity index is 2.04. The Morgan fingerprint density at radius 2 is 2.17 bits per heavy atom. The molecule has 1 spiro atoms. The Kier molecular flexibility index (Phi) is 2.84. The van der Waals surface area contributed by atoms with Crippen molar-refractivity contribution in [3.8, 4) is 5.75 Å². The van der Waals surface area contributed by atoms with Crippen LogP contribution in [0.15, 0.2) is 23.3 Å². The Labute approximate surface area is 111 Å². The van der Waals surface area contributed by atoms with Gasteiger partial charge in [0, 0.05) is 15.5 Å². The van der Waals surface area contributed by atoms with E-state index in [-0.39, 0.29) is 11.6 Å². The molecule has 1 aromatic rings. The van der Waals surface area contributed by atoms with Gasteiger partial charge in [0.25, 0.3) is 0 Å². The van der Waals surface area contributed by atoms with Crippen molar-refractivity contribution < 1.29 is 4.74 Å². The monoisotopic (exact) mass is 263 g/mol. The second-order valence-electron chi connectivity index (χ2n) is 5.10. The van der Waals surface area contributed by atoms with Gasteiger partial charge in [-0.3, -0.25) is 0 Å². The van der Waals surface area contributed by atoms with Crippen molar-refractivity contribution in [2.24, 2.45) is 5.11 Å². The van der Waals surface area contributed by atoms with Crippen molar-refractivity contribution in [1.29, 1.82) is 0 Å². The Morgan fingerprint density at radius 1 is 1.39 bits per heavy atom.